The van der Waals surface area contributed by atoms with Crippen LogP contribution in [0.2, 0.25) is 5.22 Å². The van der Waals surface area contributed by atoms with Crippen LogP contribution < -0.4 is 5.32 Å². The summed E-state index contributed by atoms with van der Waals surface area (Å²) in [5.41, 5.74) is 0.966. The van der Waals surface area contributed by atoms with Crippen molar-refractivity contribution >= 4 is 28.5 Å². The quantitative estimate of drug-likeness (QED) is 0.918. The van der Waals surface area contributed by atoms with E-state index in [1.165, 1.54) is 6.42 Å². The predicted octanol–water partition coefficient (Wildman–Crippen LogP) is 1.92. The largest absolute Gasteiger partial charge is 0.445 e. The number of amides is 1. The standard InChI is InChI=1S/C14H14ClN3O2/c15-13-3-9-5-16-10(4-12(9)20-13)14(19)17-11-7-18-2-1-8(11)6-18/h3-5,8,11H,1-2,6-7H2,(H,17,19). The van der Waals surface area contributed by atoms with E-state index < -0.39 is 0 Å². The smallest absolute Gasteiger partial charge is 0.270 e. The number of nitrogens with one attached hydrogen (secondary N) is 1. The van der Waals surface area contributed by atoms with Gasteiger partial charge in [-0.15, -0.1) is 0 Å². The van der Waals surface area contributed by atoms with E-state index in [2.05, 4.69) is 15.2 Å². The van der Waals surface area contributed by atoms with Crippen LogP contribution in [0.4, 0.5) is 0 Å². The average molecular weight is 292 g/mol. The van der Waals surface area contributed by atoms with Crippen LogP contribution in [0.5, 0.6) is 0 Å². The molecule has 2 aliphatic rings. The lowest BCUT2D eigenvalue weighted by molar-refractivity contribution is 0.0919. The van der Waals surface area contributed by atoms with E-state index in [0.717, 1.165) is 25.0 Å². The third kappa shape index (κ3) is 1.98. The summed E-state index contributed by atoms with van der Waals surface area (Å²) >= 11 is 5.79. The molecule has 6 heteroatoms. The zero-order valence-corrected chi connectivity index (χ0v) is 11.6. The number of piperidine rings is 1. The highest BCUT2D eigenvalue weighted by Gasteiger charge is 2.38. The SMILES string of the molecule is O=C(NC1CN2CCC1C2)c1cc2oc(Cl)cc2cn1. The summed E-state index contributed by atoms with van der Waals surface area (Å²) < 4.78 is 5.32. The van der Waals surface area contributed by atoms with Gasteiger partial charge in [0.15, 0.2) is 5.22 Å². The van der Waals surface area contributed by atoms with E-state index in [1.54, 1.807) is 18.3 Å². The number of halogens is 1. The highest BCUT2D eigenvalue weighted by atomic mass is 35.5. The van der Waals surface area contributed by atoms with E-state index in [-0.39, 0.29) is 11.9 Å². The Bertz CT molecular complexity index is 684. The first kappa shape index (κ1) is 12.2. The van der Waals surface area contributed by atoms with Crippen molar-refractivity contribution in [2.45, 2.75) is 12.5 Å². The van der Waals surface area contributed by atoms with Crippen molar-refractivity contribution < 1.29 is 9.21 Å². The van der Waals surface area contributed by atoms with Gasteiger partial charge in [0.25, 0.3) is 5.91 Å². The van der Waals surface area contributed by atoms with Crippen molar-refractivity contribution in [3.8, 4) is 0 Å². The Morgan fingerprint density at radius 2 is 2.35 bits per heavy atom. The first-order valence-electron chi connectivity index (χ1n) is 6.77. The lowest BCUT2D eigenvalue weighted by Crippen LogP contribution is -2.43. The molecule has 1 N–H and O–H groups in total. The van der Waals surface area contributed by atoms with Gasteiger partial charge in [0, 0.05) is 42.8 Å². The van der Waals surface area contributed by atoms with Crippen molar-refractivity contribution in [2.75, 3.05) is 19.6 Å². The van der Waals surface area contributed by atoms with Crippen molar-refractivity contribution in [2.24, 2.45) is 5.92 Å². The molecule has 3 unspecified atom stereocenters. The highest BCUT2D eigenvalue weighted by molar-refractivity contribution is 6.29. The second-order valence-corrected chi connectivity index (χ2v) is 5.92. The van der Waals surface area contributed by atoms with E-state index in [1.807, 2.05) is 0 Å². The predicted molar refractivity (Wildman–Crippen MR) is 74.8 cm³/mol. The molecule has 5 nitrogen and oxygen atoms in total. The number of rotatable bonds is 2. The summed E-state index contributed by atoms with van der Waals surface area (Å²) in [7, 11) is 0. The maximum absolute atomic E-state index is 12.3. The zero-order valence-electron chi connectivity index (χ0n) is 10.8. The number of carbonyl (C=O) groups excluding carboxylic acids is 1. The van der Waals surface area contributed by atoms with Crippen LogP contribution in [0, 0.1) is 5.92 Å². The number of carbonyl (C=O) groups is 1. The molecule has 3 atom stereocenters. The molecule has 0 aliphatic carbocycles. The molecule has 20 heavy (non-hydrogen) atoms. The van der Waals surface area contributed by atoms with Gasteiger partial charge in [0.1, 0.15) is 11.3 Å². The van der Waals surface area contributed by atoms with E-state index >= 15 is 0 Å². The molecule has 2 aromatic rings. The fraction of sp³-hybridized carbons (Fsp3) is 0.429. The van der Waals surface area contributed by atoms with Gasteiger partial charge < -0.3 is 14.6 Å². The van der Waals surface area contributed by atoms with Crippen molar-refractivity contribution in [3.05, 3.63) is 29.2 Å². The van der Waals surface area contributed by atoms with Gasteiger partial charge >= 0.3 is 0 Å². The molecule has 1 amide bonds. The van der Waals surface area contributed by atoms with E-state index in [4.69, 9.17) is 16.0 Å². The minimum atomic E-state index is -0.141. The zero-order chi connectivity index (χ0) is 13.7. The van der Waals surface area contributed by atoms with Crippen molar-refractivity contribution in [3.63, 3.8) is 0 Å². The topological polar surface area (TPSA) is 58.4 Å². The van der Waals surface area contributed by atoms with Gasteiger partial charge in [-0.25, -0.2) is 0 Å². The highest BCUT2D eigenvalue weighted by Crippen LogP contribution is 2.28. The average Bonchev–Trinajstić information content (AvgIpc) is 3.10. The van der Waals surface area contributed by atoms with Gasteiger partial charge in [-0.05, 0) is 30.5 Å². The summed E-state index contributed by atoms with van der Waals surface area (Å²) in [6, 6.07) is 3.58. The van der Waals surface area contributed by atoms with Crippen LogP contribution >= 0.6 is 11.6 Å². The fourth-order valence-electron chi connectivity index (χ4n) is 3.22. The van der Waals surface area contributed by atoms with Gasteiger partial charge in [0.2, 0.25) is 0 Å². The van der Waals surface area contributed by atoms with Crippen LogP contribution in [0.1, 0.15) is 16.9 Å². The maximum Gasteiger partial charge on any atom is 0.270 e. The third-order valence-corrected chi connectivity index (χ3v) is 4.44. The summed E-state index contributed by atoms with van der Waals surface area (Å²) in [5.74, 6) is 0.443. The maximum atomic E-state index is 12.3. The number of furan rings is 1. The van der Waals surface area contributed by atoms with Gasteiger partial charge in [-0.1, -0.05) is 0 Å². The monoisotopic (exact) mass is 291 g/mol. The second kappa shape index (κ2) is 4.46. The number of aromatic nitrogens is 1. The molecule has 0 saturated carbocycles. The Labute approximate surface area is 120 Å². The number of hydrogen-bond acceptors (Lipinski definition) is 4. The van der Waals surface area contributed by atoms with Crippen LogP contribution in [-0.4, -0.2) is 41.5 Å². The number of nitrogens with zero attached hydrogens (tertiary/aromatic N) is 2. The first-order valence-corrected chi connectivity index (χ1v) is 7.15. The number of fused-ring (bicyclic) bond motifs is 3. The summed E-state index contributed by atoms with van der Waals surface area (Å²) in [4.78, 5) is 18.8. The molecular formula is C14H14ClN3O2. The van der Waals surface area contributed by atoms with E-state index in [9.17, 15) is 4.79 Å². The van der Waals surface area contributed by atoms with E-state index in [0.29, 0.717) is 22.4 Å². The fourth-order valence-corrected chi connectivity index (χ4v) is 3.42. The minimum Gasteiger partial charge on any atom is -0.445 e. The molecule has 2 aliphatic heterocycles. The second-order valence-electron chi connectivity index (χ2n) is 5.55. The Hall–Kier alpha value is -1.59. The Balaban J connectivity index is 1.54. The molecule has 2 aromatic heterocycles. The summed E-state index contributed by atoms with van der Waals surface area (Å²) in [6.45, 7) is 3.21. The van der Waals surface area contributed by atoms with Crippen molar-refractivity contribution in [1.82, 2.24) is 15.2 Å². The van der Waals surface area contributed by atoms with Crippen LogP contribution in [0.25, 0.3) is 11.0 Å². The molecule has 2 fully saturated rings. The molecule has 2 bridgehead atoms. The molecule has 0 radical (unpaired) electrons. The number of hydrogen-bond donors (Lipinski definition) is 1. The van der Waals surface area contributed by atoms with Gasteiger partial charge in [-0.3, -0.25) is 9.78 Å². The molecule has 2 saturated heterocycles. The third-order valence-electron chi connectivity index (χ3n) is 4.25. The minimum absolute atomic E-state index is 0.141. The van der Waals surface area contributed by atoms with Crippen molar-refractivity contribution in [1.29, 1.82) is 0 Å². The lowest BCUT2D eigenvalue weighted by Gasteiger charge is -2.22. The summed E-state index contributed by atoms with van der Waals surface area (Å²) in [6.07, 6.45) is 2.79. The number of pyridine rings is 1. The normalized spacial score (nSPS) is 28.1. The molecular weight excluding hydrogens is 278 g/mol. The molecule has 0 aromatic carbocycles. The Morgan fingerprint density at radius 3 is 3.10 bits per heavy atom. The van der Waals surface area contributed by atoms with Crippen LogP contribution in [0.3, 0.4) is 0 Å². The molecule has 4 rings (SSSR count). The molecule has 104 valence electrons. The Morgan fingerprint density at radius 1 is 1.45 bits per heavy atom. The lowest BCUT2D eigenvalue weighted by atomic mass is 10.00. The Kier molecular flexibility index (Phi) is 2.72. The van der Waals surface area contributed by atoms with Crippen LogP contribution in [-0.2, 0) is 0 Å². The molecule has 0 spiro atoms. The first-order chi connectivity index (χ1) is 9.69. The molecule has 4 heterocycles. The van der Waals surface area contributed by atoms with Gasteiger partial charge in [0.05, 0.1) is 0 Å². The summed E-state index contributed by atoms with van der Waals surface area (Å²) in [5, 5.41) is 4.19. The van der Waals surface area contributed by atoms with Crippen LogP contribution in [0.15, 0.2) is 22.7 Å². The van der Waals surface area contributed by atoms with Gasteiger partial charge in [-0.2, -0.15) is 0 Å².